The van der Waals surface area contributed by atoms with E-state index in [1.165, 1.54) is 19.2 Å². The normalized spacial score (nSPS) is 10.7. The summed E-state index contributed by atoms with van der Waals surface area (Å²) < 4.78 is 6.38. The largest absolute Gasteiger partial charge is 0.505 e. The Morgan fingerprint density at radius 2 is 1.93 bits per heavy atom. The zero-order valence-corrected chi connectivity index (χ0v) is 17.9. The summed E-state index contributed by atoms with van der Waals surface area (Å²) in [7, 11) is 1.22. The van der Waals surface area contributed by atoms with Crippen LogP contribution >= 0.6 is 11.6 Å². The van der Waals surface area contributed by atoms with Gasteiger partial charge in [0.05, 0.1) is 30.6 Å². The van der Waals surface area contributed by atoms with Crippen molar-refractivity contribution in [3.63, 3.8) is 0 Å². The van der Waals surface area contributed by atoms with E-state index in [9.17, 15) is 14.7 Å². The summed E-state index contributed by atoms with van der Waals surface area (Å²) in [6.45, 7) is 5.64. The molecule has 7 nitrogen and oxygen atoms in total. The fourth-order valence-electron chi connectivity index (χ4n) is 3.17. The number of carbonyl (C=O) groups excluding carboxylic acids is 2. The number of para-hydroxylation sites is 1. The number of esters is 1. The van der Waals surface area contributed by atoms with Gasteiger partial charge in [0.2, 0.25) is 5.91 Å². The second-order valence-corrected chi connectivity index (χ2v) is 7.32. The molecule has 2 aromatic carbocycles. The van der Waals surface area contributed by atoms with Crippen LogP contribution in [0.4, 0.5) is 5.69 Å². The molecule has 30 heavy (non-hydrogen) atoms. The molecule has 0 aliphatic carbocycles. The van der Waals surface area contributed by atoms with E-state index in [0.717, 1.165) is 22.5 Å². The summed E-state index contributed by atoms with van der Waals surface area (Å²) in [5.41, 5.74) is 4.19. The van der Waals surface area contributed by atoms with Gasteiger partial charge in [0.25, 0.3) is 0 Å². The molecule has 1 amide bonds. The van der Waals surface area contributed by atoms with Crippen LogP contribution in [0.3, 0.4) is 0 Å². The van der Waals surface area contributed by atoms with Gasteiger partial charge in [-0.1, -0.05) is 23.7 Å². The molecule has 0 aliphatic heterocycles. The Morgan fingerprint density at radius 3 is 2.60 bits per heavy atom. The monoisotopic (exact) mass is 427 g/mol. The van der Waals surface area contributed by atoms with Crippen LogP contribution in [0.1, 0.15) is 32.9 Å². The maximum Gasteiger partial charge on any atom is 0.341 e. The smallest absolute Gasteiger partial charge is 0.341 e. The SMILES string of the molecule is COC(=O)c1cccc(NC(=O)Cc2c(C)nn(-c3ccc(C)c(Cl)c3)c2C)c1O. The lowest BCUT2D eigenvalue weighted by atomic mass is 10.1. The molecule has 8 heteroatoms. The molecule has 0 aliphatic rings. The molecular weight excluding hydrogens is 406 g/mol. The van der Waals surface area contributed by atoms with Gasteiger partial charge in [0, 0.05) is 16.3 Å². The summed E-state index contributed by atoms with van der Waals surface area (Å²) in [4.78, 5) is 24.4. The molecule has 1 heterocycles. The highest BCUT2D eigenvalue weighted by Crippen LogP contribution is 2.28. The van der Waals surface area contributed by atoms with Gasteiger partial charge in [0.15, 0.2) is 5.75 Å². The fourth-order valence-corrected chi connectivity index (χ4v) is 3.34. The van der Waals surface area contributed by atoms with Crippen LogP contribution in [0.25, 0.3) is 5.69 Å². The maximum atomic E-state index is 12.6. The van der Waals surface area contributed by atoms with E-state index in [4.69, 9.17) is 11.6 Å². The van der Waals surface area contributed by atoms with Gasteiger partial charge in [-0.2, -0.15) is 5.10 Å². The highest BCUT2D eigenvalue weighted by molar-refractivity contribution is 6.31. The first-order valence-corrected chi connectivity index (χ1v) is 9.62. The molecule has 0 saturated heterocycles. The Hall–Kier alpha value is -3.32. The Labute approximate surface area is 179 Å². The van der Waals surface area contributed by atoms with Crippen molar-refractivity contribution in [2.45, 2.75) is 27.2 Å². The predicted octanol–water partition coefficient (Wildman–Crippen LogP) is 4.12. The zero-order valence-electron chi connectivity index (χ0n) is 17.1. The number of ether oxygens (including phenoxy) is 1. The lowest BCUT2D eigenvalue weighted by Gasteiger charge is -2.10. The van der Waals surface area contributed by atoms with Gasteiger partial charge in [-0.15, -0.1) is 0 Å². The first-order chi connectivity index (χ1) is 14.2. The van der Waals surface area contributed by atoms with Crippen LogP contribution in [-0.4, -0.2) is 33.9 Å². The second-order valence-electron chi connectivity index (χ2n) is 6.91. The number of phenolic OH excluding ortho intramolecular Hbond substituents is 1. The van der Waals surface area contributed by atoms with Crippen LogP contribution in [-0.2, 0) is 16.0 Å². The van der Waals surface area contributed by atoms with Crippen molar-refractivity contribution in [1.29, 1.82) is 0 Å². The van der Waals surface area contributed by atoms with Gasteiger partial charge in [-0.3, -0.25) is 4.79 Å². The summed E-state index contributed by atoms with van der Waals surface area (Å²) in [5, 5.41) is 18.1. The minimum absolute atomic E-state index is 0.0215. The number of aryl methyl sites for hydroxylation is 2. The van der Waals surface area contributed by atoms with Gasteiger partial charge in [0.1, 0.15) is 5.56 Å². The average Bonchev–Trinajstić information content (AvgIpc) is 2.99. The van der Waals surface area contributed by atoms with Crippen molar-refractivity contribution in [2.24, 2.45) is 0 Å². The molecule has 0 radical (unpaired) electrons. The third-order valence-corrected chi connectivity index (χ3v) is 5.30. The predicted molar refractivity (Wildman–Crippen MR) is 115 cm³/mol. The topological polar surface area (TPSA) is 93.5 Å². The third kappa shape index (κ3) is 4.16. The number of aromatic hydroxyl groups is 1. The summed E-state index contributed by atoms with van der Waals surface area (Å²) in [6.07, 6.45) is 0.0547. The zero-order chi connectivity index (χ0) is 22.0. The number of methoxy groups -OCH3 is 1. The van der Waals surface area contributed by atoms with Crippen molar-refractivity contribution < 1.29 is 19.4 Å². The average molecular weight is 428 g/mol. The number of hydrogen-bond donors (Lipinski definition) is 2. The van der Waals surface area contributed by atoms with E-state index >= 15 is 0 Å². The summed E-state index contributed by atoms with van der Waals surface area (Å²) in [5.74, 6) is -1.37. The molecule has 0 bridgehead atoms. The first kappa shape index (κ1) is 21.4. The molecular formula is C22H22ClN3O4. The van der Waals surface area contributed by atoms with Crippen LogP contribution in [0, 0.1) is 20.8 Å². The van der Waals surface area contributed by atoms with E-state index in [0.29, 0.717) is 10.7 Å². The highest BCUT2D eigenvalue weighted by atomic mass is 35.5. The fraction of sp³-hybridized carbons (Fsp3) is 0.227. The molecule has 1 aromatic heterocycles. The molecule has 0 fully saturated rings. The molecule has 3 aromatic rings. The minimum Gasteiger partial charge on any atom is -0.505 e. The Balaban J connectivity index is 1.84. The molecule has 3 rings (SSSR count). The van der Waals surface area contributed by atoms with Crippen LogP contribution in [0.5, 0.6) is 5.75 Å². The standard InChI is InChI=1S/C22H22ClN3O4/c1-12-8-9-15(10-18(12)23)26-14(3)17(13(2)25-26)11-20(27)24-19-7-5-6-16(21(19)28)22(29)30-4/h5-10,28H,11H2,1-4H3,(H,24,27). The Morgan fingerprint density at radius 1 is 1.20 bits per heavy atom. The van der Waals surface area contributed by atoms with Crippen molar-refractivity contribution in [1.82, 2.24) is 9.78 Å². The number of hydrogen-bond acceptors (Lipinski definition) is 5. The lowest BCUT2D eigenvalue weighted by molar-refractivity contribution is -0.115. The molecule has 156 valence electrons. The lowest BCUT2D eigenvalue weighted by Crippen LogP contribution is -2.16. The van der Waals surface area contributed by atoms with E-state index in [2.05, 4.69) is 15.2 Å². The van der Waals surface area contributed by atoms with Crippen molar-refractivity contribution >= 4 is 29.2 Å². The number of benzene rings is 2. The third-order valence-electron chi connectivity index (χ3n) is 4.89. The van der Waals surface area contributed by atoms with Crippen molar-refractivity contribution in [3.8, 4) is 11.4 Å². The Bertz CT molecular complexity index is 1140. The van der Waals surface area contributed by atoms with Crippen LogP contribution in [0.15, 0.2) is 36.4 Å². The minimum atomic E-state index is -0.687. The van der Waals surface area contributed by atoms with Gasteiger partial charge in [-0.05, 0) is 50.6 Å². The van der Waals surface area contributed by atoms with Crippen LogP contribution < -0.4 is 5.32 Å². The molecule has 0 unspecified atom stereocenters. The molecule has 0 saturated carbocycles. The summed E-state index contributed by atoms with van der Waals surface area (Å²) >= 11 is 6.24. The van der Waals surface area contributed by atoms with Crippen LogP contribution in [0.2, 0.25) is 5.02 Å². The van der Waals surface area contributed by atoms with Crippen molar-refractivity contribution in [3.05, 3.63) is 69.5 Å². The van der Waals surface area contributed by atoms with E-state index < -0.39 is 5.97 Å². The first-order valence-electron chi connectivity index (χ1n) is 9.24. The van der Waals surface area contributed by atoms with Gasteiger partial charge in [-0.25, -0.2) is 9.48 Å². The van der Waals surface area contributed by atoms with E-state index in [1.807, 2.05) is 39.0 Å². The van der Waals surface area contributed by atoms with E-state index in [1.54, 1.807) is 10.7 Å². The highest BCUT2D eigenvalue weighted by Gasteiger charge is 2.19. The number of nitrogens with one attached hydrogen (secondary N) is 1. The number of phenols is 1. The van der Waals surface area contributed by atoms with Gasteiger partial charge < -0.3 is 15.2 Å². The summed E-state index contributed by atoms with van der Waals surface area (Å²) in [6, 6.07) is 10.1. The number of aromatic nitrogens is 2. The van der Waals surface area contributed by atoms with Gasteiger partial charge >= 0.3 is 5.97 Å². The number of nitrogens with zero attached hydrogens (tertiary/aromatic N) is 2. The second kappa shape index (κ2) is 8.59. The quantitative estimate of drug-likeness (QED) is 0.471. The number of anilines is 1. The molecule has 0 spiro atoms. The number of halogens is 1. The molecule has 2 N–H and O–H groups in total. The number of carbonyl (C=O) groups is 2. The Kier molecular flexibility index (Phi) is 6.12. The molecule has 0 atom stereocenters. The van der Waals surface area contributed by atoms with Crippen molar-refractivity contribution in [2.75, 3.05) is 12.4 Å². The van der Waals surface area contributed by atoms with E-state index in [-0.39, 0.29) is 29.3 Å². The number of rotatable bonds is 5. The maximum absolute atomic E-state index is 12.6. The number of amides is 1.